The van der Waals surface area contributed by atoms with E-state index in [4.69, 9.17) is 16.3 Å². The zero-order valence-electron chi connectivity index (χ0n) is 13.0. The van der Waals surface area contributed by atoms with Gasteiger partial charge in [0.15, 0.2) is 0 Å². The highest BCUT2D eigenvalue weighted by Gasteiger charge is 2.19. The van der Waals surface area contributed by atoms with Gasteiger partial charge in [-0.3, -0.25) is 14.9 Å². The average Bonchev–Trinajstić information content (AvgIpc) is 2.62. The van der Waals surface area contributed by atoms with Crippen LogP contribution < -0.4 is 10.2 Å². The van der Waals surface area contributed by atoms with E-state index in [0.717, 1.165) is 0 Å². The molecule has 0 atom stereocenters. The van der Waals surface area contributed by atoms with Crippen LogP contribution in [0.25, 0.3) is 0 Å². The van der Waals surface area contributed by atoms with E-state index in [2.05, 4.69) is 15.3 Å². The molecule has 2 heterocycles. The molecule has 0 aliphatic carbocycles. The maximum absolute atomic E-state index is 12.4. The van der Waals surface area contributed by atoms with E-state index in [0.29, 0.717) is 32.1 Å². The summed E-state index contributed by atoms with van der Waals surface area (Å²) in [6, 6.07) is 5.48. The van der Waals surface area contributed by atoms with Gasteiger partial charge in [0.1, 0.15) is 23.5 Å². The molecule has 1 N–H and O–H groups in total. The van der Waals surface area contributed by atoms with Gasteiger partial charge in [0.2, 0.25) is 0 Å². The summed E-state index contributed by atoms with van der Waals surface area (Å²) in [5.74, 6) is 0.0197. The van der Waals surface area contributed by atoms with Crippen molar-refractivity contribution in [3.05, 3.63) is 51.4 Å². The van der Waals surface area contributed by atoms with E-state index < -0.39 is 10.8 Å². The van der Waals surface area contributed by atoms with Crippen molar-refractivity contribution in [1.82, 2.24) is 9.97 Å². The Balaban J connectivity index is 1.82. The van der Waals surface area contributed by atoms with E-state index >= 15 is 0 Å². The van der Waals surface area contributed by atoms with Gasteiger partial charge in [0.25, 0.3) is 11.6 Å². The third kappa shape index (κ3) is 4.01. The van der Waals surface area contributed by atoms with Gasteiger partial charge in [-0.1, -0.05) is 11.6 Å². The van der Waals surface area contributed by atoms with E-state index in [1.165, 1.54) is 30.6 Å². The van der Waals surface area contributed by atoms with Crippen LogP contribution in [0.15, 0.2) is 30.6 Å². The second-order valence-electron chi connectivity index (χ2n) is 5.23. The van der Waals surface area contributed by atoms with Crippen LogP contribution in [0.4, 0.5) is 17.2 Å². The van der Waals surface area contributed by atoms with Crippen molar-refractivity contribution in [2.45, 2.75) is 0 Å². The molecule has 1 fully saturated rings. The van der Waals surface area contributed by atoms with E-state index in [9.17, 15) is 14.9 Å². The first-order valence-electron chi connectivity index (χ1n) is 7.44. The standard InChI is InChI=1S/C15H14ClN5O4/c16-10-1-2-13(21(23)24)11(7-10)19-15(22)12-8-14(18-9-17-12)20-3-5-25-6-4-20/h1-2,7-9H,3-6H2,(H,19,22). The minimum Gasteiger partial charge on any atom is -0.378 e. The summed E-state index contributed by atoms with van der Waals surface area (Å²) in [6.07, 6.45) is 1.28. The Kier molecular flexibility index (Phi) is 5.05. The summed E-state index contributed by atoms with van der Waals surface area (Å²) >= 11 is 5.86. The van der Waals surface area contributed by atoms with Gasteiger partial charge in [0, 0.05) is 30.2 Å². The number of halogens is 1. The second kappa shape index (κ2) is 7.41. The molecular formula is C15H14ClN5O4. The van der Waals surface area contributed by atoms with Crippen molar-refractivity contribution in [1.29, 1.82) is 0 Å². The SMILES string of the molecule is O=C(Nc1cc(Cl)ccc1[N+](=O)[O-])c1cc(N2CCOCC2)ncn1. The van der Waals surface area contributed by atoms with Gasteiger partial charge in [-0.15, -0.1) is 0 Å². The number of nitro benzene ring substituents is 1. The molecule has 1 aromatic carbocycles. The average molecular weight is 364 g/mol. The number of benzene rings is 1. The fourth-order valence-electron chi connectivity index (χ4n) is 2.39. The first-order valence-corrected chi connectivity index (χ1v) is 7.82. The molecule has 1 aliphatic heterocycles. The molecule has 0 bridgehead atoms. The topological polar surface area (TPSA) is 110 Å². The Bertz CT molecular complexity index is 810. The molecule has 0 saturated carbocycles. The van der Waals surface area contributed by atoms with Gasteiger partial charge >= 0.3 is 0 Å². The largest absolute Gasteiger partial charge is 0.378 e. The number of amides is 1. The van der Waals surface area contributed by atoms with E-state index in [1.54, 1.807) is 0 Å². The fraction of sp³-hybridized carbons (Fsp3) is 0.267. The molecule has 1 saturated heterocycles. The predicted molar refractivity (Wildman–Crippen MR) is 91.1 cm³/mol. The van der Waals surface area contributed by atoms with Crippen LogP contribution in [0, 0.1) is 10.1 Å². The summed E-state index contributed by atoms with van der Waals surface area (Å²) in [7, 11) is 0. The Morgan fingerprint density at radius 3 is 2.76 bits per heavy atom. The van der Waals surface area contributed by atoms with Gasteiger partial charge in [-0.25, -0.2) is 9.97 Å². The summed E-state index contributed by atoms with van der Waals surface area (Å²) in [4.78, 5) is 33.0. The quantitative estimate of drug-likeness (QED) is 0.654. The molecule has 1 amide bonds. The highest BCUT2D eigenvalue weighted by molar-refractivity contribution is 6.31. The number of nitrogens with one attached hydrogen (secondary N) is 1. The zero-order valence-corrected chi connectivity index (χ0v) is 13.8. The smallest absolute Gasteiger partial charge is 0.292 e. The van der Waals surface area contributed by atoms with Crippen molar-refractivity contribution in [2.75, 3.05) is 36.5 Å². The van der Waals surface area contributed by atoms with E-state index in [1.807, 2.05) is 4.90 Å². The normalized spacial score (nSPS) is 14.2. The van der Waals surface area contributed by atoms with Crippen LogP contribution >= 0.6 is 11.6 Å². The Morgan fingerprint density at radius 2 is 2.04 bits per heavy atom. The minimum absolute atomic E-state index is 0.00837. The summed E-state index contributed by atoms with van der Waals surface area (Å²) in [6.45, 7) is 2.50. The number of anilines is 2. The first kappa shape index (κ1) is 17.1. The third-order valence-corrected chi connectivity index (χ3v) is 3.86. The van der Waals surface area contributed by atoms with Crippen LogP contribution in [0.5, 0.6) is 0 Å². The lowest BCUT2D eigenvalue weighted by molar-refractivity contribution is -0.383. The van der Waals surface area contributed by atoms with Crippen LogP contribution in [-0.4, -0.2) is 47.1 Å². The highest BCUT2D eigenvalue weighted by atomic mass is 35.5. The van der Waals surface area contributed by atoms with Crippen molar-refractivity contribution >= 4 is 34.7 Å². The summed E-state index contributed by atoms with van der Waals surface area (Å²) in [5, 5.41) is 13.8. The maximum atomic E-state index is 12.4. The number of nitro groups is 1. The lowest BCUT2D eigenvalue weighted by Crippen LogP contribution is -2.37. The van der Waals surface area contributed by atoms with E-state index in [-0.39, 0.29) is 22.1 Å². The molecule has 1 aliphatic rings. The summed E-state index contributed by atoms with van der Waals surface area (Å²) < 4.78 is 5.28. The number of carbonyl (C=O) groups is 1. The molecule has 130 valence electrons. The monoisotopic (exact) mass is 363 g/mol. The number of aromatic nitrogens is 2. The molecule has 10 heteroatoms. The van der Waals surface area contributed by atoms with Crippen molar-refractivity contribution in [2.24, 2.45) is 0 Å². The van der Waals surface area contributed by atoms with Crippen LogP contribution in [0.2, 0.25) is 5.02 Å². The van der Waals surface area contributed by atoms with Crippen LogP contribution in [0.3, 0.4) is 0 Å². The van der Waals surface area contributed by atoms with Crippen LogP contribution in [0.1, 0.15) is 10.5 Å². The minimum atomic E-state index is -0.592. The molecule has 25 heavy (non-hydrogen) atoms. The molecule has 2 aromatic rings. The molecule has 0 unspecified atom stereocenters. The predicted octanol–water partition coefficient (Wildman–Crippen LogP) is 2.13. The Hall–Kier alpha value is -2.78. The lowest BCUT2D eigenvalue weighted by atomic mass is 10.2. The second-order valence-corrected chi connectivity index (χ2v) is 5.67. The van der Waals surface area contributed by atoms with Gasteiger partial charge < -0.3 is 15.0 Å². The number of ether oxygens (including phenoxy) is 1. The summed E-state index contributed by atoms with van der Waals surface area (Å²) in [5.41, 5.74) is -0.139. The number of nitrogens with zero attached hydrogens (tertiary/aromatic N) is 4. The third-order valence-electron chi connectivity index (χ3n) is 3.62. The van der Waals surface area contributed by atoms with Crippen molar-refractivity contribution < 1.29 is 14.5 Å². The number of hydrogen-bond acceptors (Lipinski definition) is 7. The highest BCUT2D eigenvalue weighted by Crippen LogP contribution is 2.28. The molecule has 1 aromatic heterocycles. The number of rotatable bonds is 4. The lowest BCUT2D eigenvalue weighted by Gasteiger charge is -2.27. The Morgan fingerprint density at radius 1 is 1.28 bits per heavy atom. The molecule has 0 radical (unpaired) electrons. The maximum Gasteiger partial charge on any atom is 0.292 e. The number of morpholine rings is 1. The number of carbonyl (C=O) groups excluding carboxylic acids is 1. The molecular weight excluding hydrogens is 350 g/mol. The van der Waals surface area contributed by atoms with Crippen LogP contribution in [-0.2, 0) is 4.74 Å². The van der Waals surface area contributed by atoms with Gasteiger partial charge in [-0.05, 0) is 12.1 Å². The fourth-order valence-corrected chi connectivity index (χ4v) is 2.56. The van der Waals surface area contributed by atoms with Crippen molar-refractivity contribution in [3.63, 3.8) is 0 Å². The van der Waals surface area contributed by atoms with Gasteiger partial charge in [-0.2, -0.15) is 0 Å². The van der Waals surface area contributed by atoms with Crippen molar-refractivity contribution in [3.8, 4) is 0 Å². The molecule has 9 nitrogen and oxygen atoms in total. The Labute approximate surface area is 147 Å². The molecule has 3 rings (SSSR count). The number of hydrogen-bond donors (Lipinski definition) is 1. The first-order chi connectivity index (χ1) is 12.0. The molecule has 0 spiro atoms. The zero-order chi connectivity index (χ0) is 17.8. The van der Waals surface area contributed by atoms with Gasteiger partial charge in [0.05, 0.1) is 18.1 Å².